The van der Waals surface area contributed by atoms with Crippen molar-refractivity contribution in [3.63, 3.8) is 0 Å². The summed E-state index contributed by atoms with van der Waals surface area (Å²) in [4.78, 5) is 15.6. The lowest BCUT2D eigenvalue weighted by atomic mass is 10.2. The summed E-state index contributed by atoms with van der Waals surface area (Å²) in [5, 5.41) is 3.19. The van der Waals surface area contributed by atoms with Gasteiger partial charge in [-0.05, 0) is 38.1 Å². The Labute approximate surface area is 160 Å². The molecule has 0 aromatic heterocycles. The Balaban J connectivity index is 0.00000225. The van der Waals surface area contributed by atoms with Crippen LogP contribution >= 0.6 is 24.2 Å². The smallest absolute Gasteiger partial charge is 0.223 e. The molecule has 1 aromatic carbocycles. The molecule has 2 aliphatic rings. The zero-order valence-corrected chi connectivity index (χ0v) is 16.3. The molecule has 1 fully saturated rings. The first kappa shape index (κ1) is 20.2. The van der Waals surface area contributed by atoms with Gasteiger partial charge in [0.15, 0.2) is 11.5 Å². The molecule has 1 atom stereocenters. The molecule has 7 heteroatoms. The van der Waals surface area contributed by atoms with Crippen molar-refractivity contribution in [2.24, 2.45) is 0 Å². The Morgan fingerprint density at radius 1 is 1.28 bits per heavy atom. The van der Waals surface area contributed by atoms with Gasteiger partial charge in [-0.15, -0.1) is 24.2 Å². The molecule has 2 heterocycles. The molecule has 1 amide bonds. The highest BCUT2D eigenvalue weighted by molar-refractivity contribution is 7.99. The van der Waals surface area contributed by atoms with Crippen LogP contribution in [-0.2, 0) is 4.79 Å². The van der Waals surface area contributed by atoms with Gasteiger partial charge in [0.1, 0.15) is 0 Å². The standard InChI is InChI=1S/C18H26N2O3S.ClH/c1-19-13-14-4-2-8-20(14)18(21)7-11-24-15-5-6-16-17(12-15)23-10-3-9-22-16;/h5-6,12,14,19H,2-4,7-11,13H2,1H3;1H. The molecule has 2 aliphatic heterocycles. The fourth-order valence-electron chi connectivity index (χ4n) is 3.25. The van der Waals surface area contributed by atoms with E-state index in [1.54, 1.807) is 11.8 Å². The molecule has 140 valence electrons. The minimum Gasteiger partial charge on any atom is -0.490 e. The van der Waals surface area contributed by atoms with Crippen molar-refractivity contribution in [3.8, 4) is 11.5 Å². The number of amides is 1. The molecule has 0 saturated carbocycles. The highest BCUT2D eigenvalue weighted by Gasteiger charge is 2.27. The van der Waals surface area contributed by atoms with E-state index in [1.807, 2.05) is 30.1 Å². The number of hydrogen-bond acceptors (Lipinski definition) is 5. The summed E-state index contributed by atoms with van der Waals surface area (Å²) in [5.41, 5.74) is 0. The lowest BCUT2D eigenvalue weighted by Gasteiger charge is -2.24. The van der Waals surface area contributed by atoms with Crippen LogP contribution in [0.25, 0.3) is 0 Å². The Bertz CT molecular complexity index is 573. The molecular formula is C18H27ClN2O3S. The van der Waals surface area contributed by atoms with Crippen LogP contribution < -0.4 is 14.8 Å². The summed E-state index contributed by atoms with van der Waals surface area (Å²) in [5.74, 6) is 2.70. The van der Waals surface area contributed by atoms with Gasteiger partial charge in [-0.25, -0.2) is 0 Å². The van der Waals surface area contributed by atoms with Crippen molar-refractivity contribution in [2.45, 2.75) is 36.6 Å². The van der Waals surface area contributed by atoms with Gasteiger partial charge in [0.2, 0.25) is 5.91 Å². The van der Waals surface area contributed by atoms with Crippen molar-refractivity contribution in [2.75, 3.05) is 39.1 Å². The summed E-state index contributed by atoms with van der Waals surface area (Å²) in [6.45, 7) is 3.19. The number of halogens is 1. The van der Waals surface area contributed by atoms with Crippen LogP contribution in [0.15, 0.2) is 23.1 Å². The van der Waals surface area contributed by atoms with Gasteiger partial charge in [-0.3, -0.25) is 4.79 Å². The SMILES string of the molecule is CNCC1CCCN1C(=O)CCSc1ccc2c(c1)OCCCO2.Cl. The number of likely N-dealkylation sites (N-methyl/N-ethyl adjacent to an activating group) is 1. The summed E-state index contributed by atoms with van der Waals surface area (Å²) in [6, 6.07) is 6.40. The van der Waals surface area contributed by atoms with Crippen molar-refractivity contribution in [3.05, 3.63) is 18.2 Å². The zero-order valence-electron chi connectivity index (χ0n) is 14.7. The summed E-state index contributed by atoms with van der Waals surface area (Å²) in [6.07, 6.45) is 3.73. The van der Waals surface area contributed by atoms with E-state index in [0.29, 0.717) is 25.7 Å². The first-order valence-corrected chi connectivity index (χ1v) is 9.73. The molecule has 1 unspecified atom stereocenters. The maximum atomic E-state index is 12.4. The molecule has 3 rings (SSSR count). The molecule has 1 N–H and O–H groups in total. The third-order valence-electron chi connectivity index (χ3n) is 4.44. The minimum atomic E-state index is 0. The number of benzene rings is 1. The number of nitrogens with one attached hydrogen (secondary N) is 1. The molecule has 0 bridgehead atoms. The average molecular weight is 387 g/mol. The Morgan fingerprint density at radius 2 is 2.08 bits per heavy atom. The second kappa shape index (κ2) is 10.1. The maximum absolute atomic E-state index is 12.4. The summed E-state index contributed by atoms with van der Waals surface area (Å²) >= 11 is 1.70. The van der Waals surface area contributed by atoms with Crippen molar-refractivity contribution < 1.29 is 14.3 Å². The number of nitrogens with zero attached hydrogens (tertiary/aromatic N) is 1. The van der Waals surface area contributed by atoms with E-state index in [9.17, 15) is 4.79 Å². The van der Waals surface area contributed by atoms with Crippen molar-refractivity contribution in [1.29, 1.82) is 0 Å². The molecule has 0 radical (unpaired) electrons. The van der Waals surface area contributed by atoms with E-state index in [1.165, 1.54) is 0 Å². The van der Waals surface area contributed by atoms with E-state index in [4.69, 9.17) is 9.47 Å². The first-order chi connectivity index (χ1) is 11.8. The number of rotatable bonds is 6. The van der Waals surface area contributed by atoms with E-state index < -0.39 is 0 Å². The van der Waals surface area contributed by atoms with Crippen LogP contribution in [-0.4, -0.2) is 56.0 Å². The van der Waals surface area contributed by atoms with E-state index in [2.05, 4.69) is 5.32 Å². The fourth-order valence-corrected chi connectivity index (χ4v) is 4.11. The highest BCUT2D eigenvalue weighted by Crippen LogP contribution is 2.34. The predicted octanol–water partition coefficient (Wildman–Crippen LogP) is 2.96. The second-order valence-electron chi connectivity index (χ2n) is 6.20. The van der Waals surface area contributed by atoms with Gasteiger partial charge in [0.25, 0.3) is 0 Å². The lowest BCUT2D eigenvalue weighted by Crippen LogP contribution is -2.40. The van der Waals surface area contributed by atoms with E-state index >= 15 is 0 Å². The Kier molecular flexibility index (Phi) is 8.19. The molecule has 1 aromatic rings. The molecule has 0 aliphatic carbocycles. The normalized spacial score (nSPS) is 19.2. The first-order valence-electron chi connectivity index (χ1n) is 8.74. The predicted molar refractivity (Wildman–Crippen MR) is 103 cm³/mol. The Morgan fingerprint density at radius 3 is 2.88 bits per heavy atom. The largest absolute Gasteiger partial charge is 0.490 e. The third kappa shape index (κ3) is 5.43. The number of thioether (sulfide) groups is 1. The minimum absolute atomic E-state index is 0. The number of likely N-dealkylation sites (tertiary alicyclic amines) is 1. The van der Waals surface area contributed by atoms with Crippen LogP contribution in [0.4, 0.5) is 0 Å². The lowest BCUT2D eigenvalue weighted by molar-refractivity contribution is -0.131. The van der Waals surface area contributed by atoms with Gasteiger partial charge >= 0.3 is 0 Å². The van der Waals surface area contributed by atoms with Crippen LogP contribution in [0.1, 0.15) is 25.7 Å². The number of hydrogen-bond donors (Lipinski definition) is 1. The number of carbonyl (C=O) groups is 1. The van der Waals surface area contributed by atoms with Crippen LogP contribution in [0.5, 0.6) is 11.5 Å². The van der Waals surface area contributed by atoms with Gasteiger partial charge < -0.3 is 19.7 Å². The van der Waals surface area contributed by atoms with Crippen LogP contribution in [0.3, 0.4) is 0 Å². The Hall–Kier alpha value is -1.11. The molecule has 1 saturated heterocycles. The van der Waals surface area contributed by atoms with Gasteiger partial charge in [-0.2, -0.15) is 0 Å². The molecular weight excluding hydrogens is 360 g/mol. The summed E-state index contributed by atoms with van der Waals surface area (Å²) in [7, 11) is 1.95. The zero-order chi connectivity index (χ0) is 16.8. The highest BCUT2D eigenvalue weighted by atomic mass is 35.5. The molecule has 0 spiro atoms. The quantitative estimate of drug-likeness (QED) is 0.762. The van der Waals surface area contributed by atoms with E-state index in [0.717, 1.165) is 54.5 Å². The topological polar surface area (TPSA) is 50.8 Å². The van der Waals surface area contributed by atoms with Gasteiger partial charge in [0.05, 0.1) is 13.2 Å². The average Bonchev–Trinajstić information content (AvgIpc) is 2.92. The van der Waals surface area contributed by atoms with Crippen molar-refractivity contribution in [1.82, 2.24) is 10.2 Å². The third-order valence-corrected chi connectivity index (χ3v) is 5.44. The number of carbonyl (C=O) groups excluding carboxylic acids is 1. The van der Waals surface area contributed by atoms with Gasteiger partial charge in [-0.1, -0.05) is 0 Å². The fraction of sp³-hybridized carbons (Fsp3) is 0.611. The van der Waals surface area contributed by atoms with Gasteiger partial charge in [0, 0.05) is 42.6 Å². The molecule has 5 nitrogen and oxygen atoms in total. The maximum Gasteiger partial charge on any atom is 0.223 e. The van der Waals surface area contributed by atoms with Crippen LogP contribution in [0.2, 0.25) is 0 Å². The van der Waals surface area contributed by atoms with E-state index in [-0.39, 0.29) is 18.3 Å². The number of ether oxygens (including phenoxy) is 2. The second-order valence-corrected chi connectivity index (χ2v) is 7.37. The summed E-state index contributed by atoms with van der Waals surface area (Å²) < 4.78 is 11.4. The van der Waals surface area contributed by atoms with Crippen LogP contribution in [0, 0.1) is 0 Å². The van der Waals surface area contributed by atoms with Crippen molar-refractivity contribution >= 4 is 30.1 Å². The number of fused-ring (bicyclic) bond motifs is 1. The monoisotopic (exact) mass is 386 g/mol. The molecule has 25 heavy (non-hydrogen) atoms.